The third-order valence-electron chi connectivity index (χ3n) is 4.08. The monoisotopic (exact) mass is 397 g/mol. The smallest absolute Gasteiger partial charge is 0.357 e. The van der Waals surface area contributed by atoms with E-state index in [4.69, 9.17) is 4.74 Å². The summed E-state index contributed by atoms with van der Waals surface area (Å²) in [6.07, 6.45) is 4.21. The van der Waals surface area contributed by atoms with E-state index in [-0.39, 0.29) is 29.5 Å². The number of nitrogens with one attached hydrogen (secondary N) is 2. The van der Waals surface area contributed by atoms with E-state index in [0.717, 1.165) is 25.1 Å². The van der Waals surface area contributed by atoms with Crippen molar-refractivity contribution in [3.8, 4) is 0 Å². The molecule has 140 valence electrons. The van der Waals surface area contributed by atoms with Crippen LogP contribution in [0.3, 0.4) is 0 Å². The Morgan fingerprint density at radius 2 is 2.12 bits per heavy atom. The molecule has 0 amide bonds. The zero-order chi connectivity index (χ0) is 17.9. The summed E-state index contributed by atoms with van der Waals surface area (Å²) in [4.78, 5) is 16.0. The minimum atomic E-state index is -3.73. The fourth-order valence-corrected chi connectivity index (χ4v) is 4.02. The van der Waals surface area contributed by atoms with Gasteiger partial charge in [-0.3, -0.25) is 0 Å². The van der Waals surface area contributed by atoms with Crippen LogP contribution in [0.25, 0.3) is 10.8 Å². The minimum Gasteiger partial charge on any atom is -0.464 e. The van der Waals surface area contributed by atoms with Gasteiger partial charge in [0.1, 0.15) is 0 Å². The molecule has 0 unspecified atom stereocenters. The summed E-state index contributed by atoms with van der Waals surface area (Å²) in [7, 11) is -2.46. The third kappa shape index (κ3) is 4.21. The molecule has 1 aliphatic rings. The summed E-state index contributed by atoms with van der Waals surface area (Å²) in [5, 5.41) is 4.06. The van der Waals surface area contributed by atoms with Crippen LogP contribution in [0.1, 0.15) is 16.9 Å². The summed E-state index contributed by atoms with van der Waals surface area (Å²) in [6, 6.07) is 6.35. The van der Waals surface area contributed by atoms with Gasteiger partial charge in [0.15, 0.2) is 5.69 Å². The molecule has 0 saturated carbocycles. The number of rotatable bonds is 5. The van der Waals surface area contributed by atoms with E-state index in [2.05, 4.69) is 15.0 Å². The number of hydrogen-bond acceptors (Lipinski definition) is 6. The molecule has 2 heterocycles. The summed E-state index contributed by atoms with van der Waals surface area (Å²) in [6.45, 7) is 1.87. The number of aromatic nitrogens is 1. The number of carbonyl (C=O) groups excluding carboxylic acids is 1. The number of nitrogens with zero attached hydrogens (tertiary/aromatic N) is 1. The van der Waals surface area contributed by atoms with Gasteiger partial charge in [-0.05, 0) is 25.1 Å². The Labute approximate surface area is 158 Å². The average molecular weight is 398 g/mol. The van der Waals surface area contributed by atoms with Gasteiger partial charge in [0.25, 0.3) is 0 Å². The molecule has 2 N–H and O–H groups in total. The second-order valence-corrected chi connectivity index (χ2v) is 7.38. The Bertz CT molecular complexity index is 944. The maximum Gasteiger partial charge on any atom is 0.357 e. The van der Waals surface area contributed by atoms with Gasteiger partial charge in [-0.1, -0.05) is 23.8 Å². The van der Waals surface area contributed by atoms with Crippen LogP contribution >= 0.6 is 12.4 Å². The maximum absolute atomic E-state index is 12.7. The molecule has 0 radical (unpaired) electrons. The maximum atomic E-state index is 12.7. The van der Waals surface area contributed by atoms with Crippen molar-refractivity contribution in [3.05, 3.63) is 47.8 Å². The normalized spacial score (nSPS) is 14.4. The van der Waals surface area contributed by atoms with Crippen molar-refractivity contribution in [2.45, 2.75) is 11.3 Å². The van der Waals surface area contributed by atoms with Crippen LogP contribution in [0.15, 0.2) is 47.0 Å². The first kappa shape index (κ1) is 20.3. The molecule has 0 saturated heterocycles. The highest BCUT2D eigenvalue weighted by Gasteiger charge is 2.20. The molecular weight excluding hydrogens is 378 g/mol. The lowest BCUT2D eigenvalue weighted by atomic mass is 10.1. The molecule has 0 aliphatic carbocycles. The fraction of sp³-hybridized carbons (Fsp3) is 0.294. The summed E-state index contributed by atoms with van der Waals surface area (Å²) < 4.78 is 32.9. The second kappa shape index (κ2) is 8.59. The van der Waals surface area contributed by atoms with E-state index in [1.807, 2.05) is 6.08 Å². The van der Waals surface area contributed by atoms with Crippen LogP contribution in [-0.2, 0) is 14.8 Å². The van der Waals surface area contributed by atoms with Crippen LogP contribution < -0.4 is 10.0 Å². The van der Waals surface area contributed by atoms with Gasteiger partial charge in [0.2, 0.25) is 10.0 Å². The number of halogens is 1. The third-order valence-corrected chi connectivity index (χ3v) is 5.54. The number of benzene rings is 1. The summed E-state index contributed by atoms with van der Waals surface area (Å²) >= 11 is 0. The number of esters is 1. The number of pyridine rings is 1. The van der Waals surface area contributed by atoms with Gasteiger partial charge in [0, 0.05) is 30.1 Å². The molecule has 26 heavy (non-hydrogen) atoms. The Morgan fingerprint density at radius 1 is 1.31 bits per heavy atom. The lowest BCUT2D eigenvalue weighted by Gasteiger charge is -2.15. The van der Waals surface area contributed by atoms with Crippen LogP contribution in [0.5, 0.6) is 0 Å². The van der Waals surface area contributed by atoms with Crippen molar-refractivity contribution in [3.63, 3.8) is 0 Å². The largest absolute Gasteiger partial charge is 0.464 e. The van der Waals surface area contributed by atoms with Crippen LogP contribution in [0.2, 0.25) is 0 Å². The predicted octanol–water partition coefficient (Wildman–Crippen LogP) is 1.64. The molecule has 0 bridgehead atoms. The molecule has 0 spiro atoms. The standard InChI is InChI=1S/C17H19N3O4S.ClH/c1-24-17(21)16-14-3-2-4-15(13(14)7-10-19-16)25(22,23)20-11-12-5-8-18-9-6-12;/h2-5,7,10,18,20H,6,8-9,11H2,1H3;1H. The van der Waals surface area contributed by atoms with E-state index in [0.29, 0.717) is 10.8 Å². The van der Waals surface area contributed by atoms with Gasteiger partial charge in [-0.2, -0.15) is 0 Å². The predicted molar refractivity (Wildman–Crippen MR) is 101 cm³/mol. The van der Waals surface area contributed by atoms with E-state index in [1.165, 1.54) is 19.4 Å². The first-order chi connectivity index (χ1) is 12.0. The lowest BCUT2D eigenvalue weighted by Crippen LogP contribution is -2.29. The zero-order valence-electron chi connectivity index (χ0n) is 14.2. The number of methoxy groups -OCH3 is 1. The first-order valence-corrected chi connectivity index (χ1v) is 9.35. The van der Waals surface area contributed by atoms with Gasteiger partial charge >= 0.3 is 5.97 Å². The van der Waals surface area contributed by atoms with Crippen LogP contribution in [0.4, 0.5) is 0 Å². The Morgan fingerprint density at radius 3 is 2.81 bits per heavy atom. The number of ether oxygens (including phenoxy) is 1. The van der Waals surface area contributed by atoms with Crippen molar-refractivity contribution in [1.82, 2.24) is 15.0 Å². The molecule has 1 aromatic heterocycles. The molecule has 2 aromatic rings. The Kier molecular flexibility index (Phi) is 6.71. The van der Waals surface area contributed by atoms with Gasteiger partial charge in [-0.15, -0.1) is 12.4 Å². The van der Waals surface area contributed by atoms with Crippen molar-refractivity contribution in [1.29, 1.82) is 0 Å². The highest BCUT2D eigenvalue weighted by molar-refractivity contribution is 7.89. The summed E-state index contributed by atoms with van der Waals surface area (Å²) in [5.74, 6) is -0.604. The summed E-state index contributed by atoms with van der Waals surface area (Å²) in [5.41, 5.74) is 1.15. The van der Waals surface area contributed by atoms with Gasteiger partial charge < -0.3 is 10.1 Å². The topological polar surface area (TPSA) is 97.4 Å². The minimum absolute atomic E-state index is 0. The van der Waals surface area contributed by atoms with Crippen molar-refractivity contribution in [2.24, 2.45) is 0 Å². The first-order valence-electron chi connectivity index (χ1n) is 7.87. The van der Waals surface area contributed by atoms with Gasteiger partial charge in [0.05, 0.1) is 12.0 Å². The molecule has 3 rings (SSSR count). The molecule has 7 nitrogen and oxygen atoms in total. The molecule has 0 atom stereocenters. The van der Waals surface area contributed by atoms with Crippen molar-refractivity contribution >= 4 is 39.2 Å². The van der Waals surface area contributed by atoms with Crippen LogP contribution in [-0.4, -0.2) is 46.1 Å². The molecule has 1 aliphatic heterocycles. The Hall–Kier alpha value is -2.00. The molecule has 1 aromatic carbocycles. The van der Waals surface area contributed by atoms with Crippen LogP contribution in [0, 0.1) is 0 Å². The number of fused-ring (bicyclic) bond motifs is 1. The van der Waals surface area contributed by atoms with Crippen molar-refractivity contribution < 1.29 is 17.9 Å². The second-order valence-electron chi connectivity index (χ2n) is 5.64. The van der Waals surface area contributed by atoms with E-state index in [1.54, 1.807) is 18.2 Å². The lowest BCUT2D eigenvalue weighted by molar-refractivity contribution is 0.0596. The average Bonchev–Trinajstić information content (AvgIpc) is 2.65. The van der Waals surface area contributed by atoms with Gasteiger partial charge in [-0.25, -0.2) is 22.9 Å². The van der Waals surface area contributed by atoms with E-state index >= 15 is 0 Å². The quantitative estimate of drug-likeness (QED) is 0.588. The fourth-order valence-electron chi connectivity index (χ4n) is 2.77. The molecule has 9 heteroatoms. The highest BCUT2D eigenvalue weighted by Crippen LogP contribution is 2.25. The van der Waals surface area contributed by atoms with Crippen molar-refractivity contribution in [2.75, 3.05) is 26.7 Å². The number of hydrogen-bond donors (Lipinski definition) is 2. The highest BCUT2D eigenvalue weighted by atomic mass is 35.5. The SMILES string of the molecule is COC(=O)c1nccc2c(S(=O)(=O)NCC3=CCNCC3)cccc12.Cl. The van der Waals surface area contributed by atoms with E-state index < -0.39 is 16.0 Å². The number of sulfonamides is 1. The molecular formula is C17H20ClN3O4S. The Balaban J connectivity index is 0.00000243. The molecule has 0 fully saturated rings. The number of carbonyl (C=O) groups is 1. The zero-order valence-corrected chi connectivity index (χ0v) is 15.8. The van der Waals surface area contributed by atoms with E-state index in [9.17, 15) is 13.2 Å².